The molecule has 0 amide bonds. The Kier molecular flexibility index (Phi) is 5.41. The summed E-state index contributed by atoms with van der Waals surface area (Å²) in [7, 11) is -3.41. The number of nitrogens with one attached hydrogen (secondary N) is 1. The number of benzene rings is 1. The molecule has 0 saturated carbocycles. The van der Waals surface area contributed by atoms with Crippen LogP contribution in [0.1, 0.15) is 25.5 Å². The minimum Gasteiger partial charge on any atom is -0.380 e. The maximum absolute atomic E-state index is 14.2. The zero-order valence-corrected chi connectivity index (χ0v) is 15.8. The minimum absolute atomic E-state index is 0.00846. The molecule has 140 valence electrons. The van der Waals surface area contributed by atoms with Gasteiger partial charge in [0.1, 0.15) is 18.0 Å². The van der Waals surface area contributed by atoms with E-state index in [0.29, 0.717) is 5.69 Å². The van der Waals surface area contributed by atoms with Gasteiger partial charge in [-0.05, 0) is 37.5 Å². The van der Waals surface area contributed by atoms with Crippen LogP contribution in [0.15, 0.2) is 35.5 Å². The second-order valence-corrected chi connectivity index (χ2v) is 8.56. The second-order valence-electron chi connectivity index (χ2n) is 6.54. The lowest BCUT2D eigenvalue weighted by Gasteiger charge is -2.33. The van der Waals surface area contributed by atoms with Gasteiger partial charge in [0.05, 0.1) is 10.6 Å². The molecule has 0 radical (unpaired) electrons. The van der Waals surface area contributed by atoms with Crippen molar-refractivity contribution in [2.75, 3.05) is 29.6 Å². The molecule has 1 aliphatic heterocycles. The Hall–Kier alpha value is -2.22. The van der Waals surface area contributed by atoms with Crippen LogP contribution in [0.4, 0.5) is 15.9 Å². The molecule has 8 heteroatoms. The van der Waals surface area contributed by atoms with E-state index >= 15 is 0 Å². The van der Waals surface area contributed by atoms with Crippen LogP contribution in [-0.2, 0) is 16.3 Å². The van der Waals surface area contributed by atoms with E-state index in [1.54, 1.807) is 6.33 Å². The molecule has 1 saturated heterocycles. The molecule has 0 aliphatic carbocycles. The molecule has 26 heavy (non-hydrogen) atoms. The van der Waals surface area contributed by atoms with Gasteiger partial charge in [-0.3, -0.25) is 0 Å². The smallest absolute Gasteiger partial charge is 0.175 e. The first kappa shape index (κ1) is 18.6. The first-order valence-electron chi connectivity index (χ1n) is 8.69. The second kappa shape index (κ2) is 7.57. The van der Waals surface area contributed by atoms with Gasteiger partial charge in [-0.2, -0.15) is 0 Å². The normalized spacial score (nSPS) is 15.9. The minimum atomic E-state index is -3.41. The standard InChI is InChI=1S/C18H23FN4O2S/c1-3-13-10-18(21-12-20-13)23-8-6-14(7-9-23)22-17-5-4-15(11-16(17)19)26(2,24)25/h4-5,10-12,14,22H,3,6-9H2,1-2H3. The lowest BCUT2D eigenvalue weighted by atomic mass is 10.0. The first-order chi connectivity index (χ1) is 12.4. The van der Waals surface area contributed by atoms with Gasteiger partial charge in [-0.25, -0.2) is 22.8 Å². The van der Waals surface area contributed by atoms with Crippen LogP contribution in [0.3, 0.4) is 0 Å². The number of rotatable bonds is 5. The van der Waals surface area contributed by atoms with Crippen molar-refractivity contribution in [1.29, 1.82) is 0 Å². The van der Waals surface area contributed by atoms with Gasteiger partial charge in [0.2, 0.25) is 0 Å². The van der Waals surface area contributed by atoms with Crippen molar-refractivity contribution in [2.45, 2.75) is 37.1 Å². The predicted octanol–water partition coefficient (Wildman–Crippen LogP) is 2.66. The quantitative estimate of drug-likeness (QED) is 0.862. The van der Waals surface area contributed by atoms with Gasteiger partial charge in [0, 0.05) is 37.1 Å². The molecular formula is C18H23FN4O2S. The maximum atomic E-state index is 14.2. The fraction of sp³-hybridized carbons (Fsp3) is 0.444. The third kappa shape index (κ3) is 4.30. The summed E-state index contributed by atoms with van der Waals surface area (Å²) in [5.41, 5.74) is 1.36. The van der Waals surface area contributed by atoms with Gasteiger partial charge in [-0.1, -0.05) is 6.92 Å². The Morgan fingerprint density at radius 2 is 1.96 bits per heavy atom. The predicted molar refractivity (Wildman–Crippen MR) is 99.8 cm³/mol. The van der Waals surface area contributed by atoms with Gasteiger partial charge in [0.15, 0.2) is 9.84 Å². The first-order valence-corrected chi connectivity index (χ1v) is 10.6. The topological polar surface area (TPSA) is 75.2 Å². The number of aromatic nitrogens is 2. The molecule has 0 spiro atoms. The van der Waals surface area contributed by atoms with E-state index in [0.717, 1.165) is 56.2 Å². The Bertz CT molecular complexity index is 881. The maximum Gasteiger partial charge on any atom is 0.175 e. The summed E-state index contributed by atoms with van der Waals surface area (Å²) in [6.07, 6.45) is 5.23. The Labute approximate surface area is 153 Å². The fourth-order valence-corrected chi connectivity index (χ4v) is 3.70. The molecule has 2 aromatic rings. The summed E-state index contributed by atoms with van der Waals surface area (Å²) in [5, 5.41) is 3.19. The summed E-state index contributed by atoms with van der Waals surface area (Å²) < 4.78 is 37.2. The number of hydrogen-bond donors (Lipinski definition) is 1. The Morgan fingerprint density at radius 3 is 2.58 bits per heavy atom. The monoisotopic (exact) mass is 378 g/mol. The molecule has 1 fully saturated rings. The number of piperidine rings is 1. The van der Waals surface area contributed by atoms with Crippen molar-refractivity contribution in [2.24, 2.45) is 0 Å². The summed E-state index contributed by atoms with van der Waals surface area (Å²) in [6, 6.07) is 6.15. The molecular weight excluding hydrogens is 355 g/mol. The van der Waals surface area contributed by atoms with E-state index < -0.39 is 15.7 Å². The van der Waals surface area contributed by atoms with Crippen LogP contribution < -0.4 is 10.2 Å². The largest absolute Gasteiger partial charge is 0.380 e. The molecule has 3 rings (SSSR count). The number of halogens is 1. The number of aryl methyl sites for hydroxylation is 1. The molecule has 0 unspecified atom stereocenters. The molecule has 0 atom stereocenters. The van der Waals surface area contributed by atoms with Crippen molar-refractivity contribution in [1.82, 2.24) is 9.97 Å². The third-order valence-corrected chi connectivity index (χ3v) is 5.73. The van der Waals surface area contributed by atoms with Gasteiger partial charge >= 0.3 is 0 Å². The van der Waals surface area contributed by atoms with Crippen molar-refractivity contribution in [3.8, 4) is 0 Å². The van der Waals surface area contributed by atoms with E-state index in [2.05, 4.69) is 27.1 Å². The van der Waals surface area contributed by atoms with Crippen LogP contribution in [0.5, 0.6) is 0 Å². The zero-order chi connectivity index (χ0) is 18.7. The van der Waals surface area contributed by atoms with Gasteiger partial charge < -0.3 is 10.2 Å². The molecule has 1 aromatic carbocycles. The molecule has 1 aromatic heterocycles. The SMILES string of the molecule is CCc1cc(N2CCC(Nc3ccc(S(C)(=O)=O)cc3F)CC2)ncn1. The highest BCUT2D eigenvalue weighted by atomic mass is 32.2. The summed E-state index contributed by atoms with van der Waals surface area (Å²) in [6.45, 7) is 3.70. The molecule has 1 aliphatic rings. The van der Waals surface area contributed by atoms with Crippen LogP contribution >= 0.6 is 0 Å². The lowest BCUT2D eigenvalue weighted by molar-refractivity contribution is 0.518. The number of hydrogen-bond acceptors (Lipinski definition) is 6. The van der Waals surface area contributed by atoms with Crippen LogP contribution in [0.25, 0.3) is 0 Å². The van der Waals surface area contributed by atoms with Crippen LogP contribution in [0, 0.1) is 5.82 Å². The number of nitrogens with zero attached hydrogens (tertiary/aromatic N) is 3. The molecule has 0 bridgehead atoms. The molecule has 2 heterocycles. The van der Waals surface area contributed by atoms with Gasteiger partial charge in [0.25, 0.3) is 0 Å². The third-order valence-electron chi connectivity index (χ3n) is 4.62. The Balaban J connectivity index is 1.62. The van der Waals surface area contributed by atoms with E-state index in [1.165, 1.54) is 12.1 Å². The van der Waals surface area contributed by atoms with Crippen LogP contribution in [-0.4, -0.2) is 43.8 Å². The summed E-state index contributed by atoms with van der Waals surface area (Å²) in [4.78, 5) is 10.8. The Morgan fingerprint density at radius 1 is 1.23 bits per heavy atom. The van der Waals surface area contributed by atoms with Crippen molar-refractivity contribution < 1.29 is 12.8 Å². The average molecular weight is 378 g/mol. The fourth-order valence-electron chi connectivity index (χ4n) is 3.07. The van der Waals surface area contributed by atoms with Crippen molar-refractivity contribution in [3.63, 3.8) is 0 Å². The highest BCUT2D eigenvalue weighted by Gasteiger charge is 2.21. The van der Waals surface area contributed by atoms with Crippen molar-refractivity contribution in [3.05, 3.63) is 42.1 Å². The molecule has 1 N–H and O–H groups in total. The van der Waals surface area contributed by atoms with E-state index in [-0.39, 0.29) is 10.9 Å². The van der Waals surface area contributed by atoms with Gasteiger partial charge in [-0.15, -0.1) is 0 Å². The summed E-state index contributed by atoms with van der Waals surface area (Å²) in [5.74, 6) is 0.387. The highest BCUT2D eigenvalue weighted by molar-refractivity contribution is 7.90. The van der Waals surface area contributed by atoms with E-state index in [4.69, 9.17) is 0 Å². The van der Waals surface area contributed by atoms with E-state index in [1.807, 2.05) is 6.07 Å². The van der Waals surface area contributed by atoms with Crippen LogP contribution in [0.2, 0.25) is 0 Å². The number of sulfone groups is 1. The number of anilines is 2. The highest BCUT2D eigenvalue weighted by Crippen LogP contribution is 2.24. The van der Waals surface area contributed by atoms with Crippen molar-refractivity contribution >= 4 is 21.3 Å². The zero-order valence-electron chi connectivity index (χ0n) is 14.9. The van der Waals surface area contributed by atoms with E-state index in [9.17, 15) is 12.8 Å². The summed E-state index contributed by atoms with van der Waals surface area (Å²) >= 11 is 0. The average Bonchev–Trinajstić information content (AvgIpc) is 2.63. The lowest BCUT2D eigenvalue weighted by Crippen LogP contribution is -2.39. The molecule has 6 nitrogen and oxygen atoms in total.